The molecule has 29 heavy (non-hydrogen) atoms. The minimum Gasteiger partial charge on any atom is -0.478 e. The van der Waals surface area contributed by atoms with E-state index >= 15 is 0 Å². The van der Waals surface area contributed by atoms with E-state index in [1.54, 1.807) is 36.4 Å². The maximum absolute atomic E-state index is 12.7. The van der Waals surface area contributed by atoms with Crippen LogP contribution in [0.15, 0.2) is 60.7 Å². The molecule has 0 aliphatic rings. The van der Waals surface area contributed by atoms with Crippen LogP contribution in [0.2, 0.25) is 0 Å². The summed E-state index contributed by atoms with van der Waals surface area (Å²) in [6, 6.07) is 19.5. The van der Waals surface area contributed by atoms with Gasteiger partial charge in [0.1, 0.15) is 0 Å². The molecular formula is C22H11N3O4. The van der Waals surface area contributed by atoms with Crippen LogP contribution in [-0.4, -0.2) is 21.8 Å². The largest absolute Gasteiger partial charge is 0.478 e. The van der Waals surface area contributed by atoms with Crippen molar-refractivity contribution in [3.63, 3.8) is 0 Å². The third-order valence-corrected chi connectivity index (χ3v) is 4.50. The molecule has 0 aliphatic carbocycles. The Morgan fingerprint density at radius 2 is 1.38 bits per heavy atom. The second kappa shape index (κ2) is 6.84. The first-order valence-electron chi connectivity index (χ1n) is 8.46. The number of benzene rings is 3. The van der Waals surface area contributed by atoms with E-state index in [-0.39, 0.29) is 11.1 Å². The molecule has 0 radical (unpaired) electrons. The molecule has 1 N–H and O–H groups in total. The number of carboxylic acid groups (broad SMARTS) is 1. The van der Waals surface area contributed by atoms with Crippen LogP contribution in [0.5, 0.6) is 0 Å². The zero-order valence-electron chi connectivity index (χ0n) is 14.8. The molecule has 0 bridgehead atoms. The summed E-state index contributed by atoms with van der Waals surface area (Å²) < 4.78 is 1.32. The molecule has 7 heteroatoms. The highest BCUT2D eigenvalue weighted by molar-refractivity contribution is 6.09. The molecule has 0 fully saturated rings. The number of carbonyl (C=O) groups is 2. The summed E-state index contributed by atoms with van der Waals surface area (Å²) in [4.78, 5) is 29.4. The molecule has 7 nitrogen and oxygen atoms in total. The van der Waals surface area contributed by atoms with E-state index in [9.17, 15) is 20.1 Å². The van der Waals surface area contributed by atoms with Crippen LogP contribution in [-0.2, 0) is 0 Å². The fourth-order valence-corrected chi connectivity index (χ4v) is 3.14. The first-order chi connectivity index (χ1) is 14.0. The zero-order valence-corrected chi connectivity index (χ0v) is 14.8. The molecule has 0 saturated carbocycles. The van der Waals surface area contributed by atoms with Crippen molar-refractivity contribution in [2.75, 3.05) is 0 Å². The van der Waals surface area contributed by atoms with E-state index in [2.05, 4.69) is 12.1 Å². The van der Waals surface area contributed by atoms with Gasteiger partial charge in [0.05, 0.1) is 45.4 Å². The van der Waals surface area contributed by atoms with Crippen molar-refractivity contribution in [2.24, 2.45) is 0 Å². The van der Waals surface area contributed by atoms with E-state index < -0.39 is 11.9 Å². The second-order valence-electron chi connectivity index (χ2n) is 6.25. The molecule has 0 atom stereocenters. The van der Waals surface area contributed by atoms with Gasteiger partial charge in [-0.3, -0.25) is 0 Å². The minimum atomic E-state index is -1.15. The Kier molecular flexibility index (Phi) is 4.19. The van der Waals surface area contributed by atoms with Crippen LogP contribution in [0.4, 0.5) is 0 Å². The number of aromatic carboxylic acids is 1. The van der Waals surface area contributed by atoms with Gasteiger partial charge in [-0.25, -0.2) is 9.59 Å². The van der Waals surface area contributed by atoms with Gasteiger partial charge in [0.15, 0.2) is 0 Å². The van der Waals surface area contributed by atoms with Crippen LogP contribution in [0.25, 0.3) is 21.8 Å². The van der Waals surface area contributed by atoms with Crippen LogP contribution >= 0.6 is 0 Å². The number of carbonyl (C=O) groups excluding carboxylic acids is 1. The van der Waals surface area contributed by atoms with Crippen LogP contribution < -0.4 is 4.84 Å². The van der Waals surface area contributed by atoms with E-state index in [1.807, 2.05) is 0 Å². The van der Waals surface area contributed by atoms with Crippen molar-refractivity contribution in [2.45, 2.75) is 0 Å². The third kappa shape index (κ3) is 3.03. The summed E-state index contributed by atoms with van der Waals surface area (Å²) in [7, 11) is 0. The Labute approximate surface area is 164 Å². The van der Waals surface area contributed by atoms with Gasteiger partial charge in [-0.15, -0.1) is 0 Å². The summed E-state index contributed by atoms with van der Waals surface area (Å²) in [5, 5.41) is 28.8. The topological polar surface area (TPSA) is 116 Å². The predicted octanol–water partition coefficient (Wildman–Crippen LogP) is 3.51. The number of hydrogen-bond acceptors (Lipinski definition) is 5. The van der Waals surface area contributed by atoms with Gasteiger partial charge in [-0.05, 0) is 54.6 Å². The molecule has 1 heterocycles. The zero-order chi connectivity index (χ0) is 20.5. The van der Waals surface area contributed by atoms with E-state index in [1.165, 1.54) is 29.0 Å². The molecule has 0 aliphatic heterocycles. The van der Waals surface area contributed by atoms with Gasteiger partial charge in [-0.2, -0.15) is 15.3 Å². The third-order valence-electron chi connectivity index (χ3n) is 4.50. The summed E-state index contributed by atoms with van der Waals surface area (Å²) in [5.41, 5.74) is 1.99. The van der Waals surface area contributed by atoms with Gasteiger partial charge >= 0.3 is 11.9 Å². The average molecular weight is 381 g/mol. The smallest absolute Gasteiger partial charge is 0.363 e. The number of nitriles is 2. The van der Waals surface area contributed by atoms with Gasteiger partial charge in [0.2, 0.25) is 0 Å². The van der Waals surface area contributed by atoms with Crippen molar-refractivity contribution in [1.29, 1.82) is 10.5 Å². The first-order valence-corrected chi connectivity index (χ1v) is 8.46. The Balaban J connectivity index is 1.88. The Morgan fingerprint density at radius 3 is 1.90 bits per heavy atom. The SMILES string of the molecule is N#Cc1ccc2c(c1)c1cc(C#N)ccc1n2OC(=O)c1cccc(C(=O)O)c1. The van der Waals surface area contributed by atoms with E-state index in [0.717, 1.165) is 0 Å². The maximum Gasteiger partial charge on any atom is 0.363 e. The normalized spacial score (nSPS) is 10.4. The lowest BCUT2D eigenvalue weighted by molar-refractivity contribution is 0.0501. The molecule has 0 amide bonds. The van der Waals surface area contributed by atoms with Crippen LogP contribution in [0.1, 0.15) is 31.8 Å². The first kappa shape index (κ1) is 17.8. The molecule has 0 saturated heterocycles. The minimum absolute atomic E-state index is 0.0287. The molecule has 138 valence electrons. The number of fused-ring (bicyclic) bond motifs is 3. The quantitative estimate of drug-likeness (QED) is 0.580. The van der Waals surface area contributed by atoms with Gasteiger partial charge in [-0.1, -0.05) is 6.07 Å². The van der Waals surface area contributed by atoms with Crippen LogP contribution in [0.3, 0.4) is 0 Å². The van der Waals surface area contributed by atoms with Crippen molar-refractivity contribution in [3.8, 4) is 12.1 Å². The molecule has 0 unspecified atom stereocenters. The average Bonchev–Trinajstić information content (AvgIpc) is 3.05. The van der Waals surface area contributed by atoms with Gasteiger partial charge in [0.25, 0.3) is 0 Å². The molecule has 4 rings (SSSR count). The number of hydrogen-bond donors (Lipinski definition) is 1. The Morgan fingerprint density at radius 1 is 0.828 bits per heavy atom. The Bertz CT molecular complexity index is 1330. The number of nitrogens with zero attached hydrogens (tertiary/aromatic N) is 3. The standard InChI is InChI=1S/C22H11N3O4/c23-11-13-4-6-19-17(8-13)18-9-14(12-24)5-7-20(18)25(19)29-22(28)16-3-1-2-15(10-16)21(26)27/h1-10H,(H,26,27). The fraction of sp³-hybridized carbons (Fsp3) is 0. The highest BCUT2D eigenvalue weighted by atomic mass is 16.7. The Hall–Kier alpha value is -4.62. The number of rotatable bonds is 3. The van der Waals surface area contributed by atoms with E-state index in [4.69, 9.17) is 9.94 Å². The lowest BCUT2D eigenvalue weighted by Gasteiger charge is -2.08. The monoisotopic (exact) mass is 381 g/mol. The fourth-order valence-electron chi connectivity index (χ4n) is 3.14. The van der Waals surface area contributed by atoms with Gasteiger partial charge < -0.3 is 9.94 Å². The van der Waals surface area contributed by atoms with Crippen molar-refractivity contribution >= 4 is 33.7 Å². The predicted molar refractivity (Wildman–Crippen MR) is 103 cm³/mol. The molecule has 0 spiro atoms. The summed E-state index contributed by atoms with van der Waals surface area (Å²) >= 11 is 0. The highest BCUT2D eigenvalue weighted by Crippen LogP contribution is 2.30. The lowest BCUT2D eigenvalue weighted by atomic mass is 10.1. The van der Waals surface area contributed by atoms with E-state index in [0.29, 0.717) is 32.9 Å². The molecule has 4 aromatic rings. The van der Waals surface area contributed by atoms with Crippen molar-refractivity contribution in [3.05, 3.63) is 82.9 Å². The summed E-state index contributed by atoms with van der Waals surface area (Å²) in [5.74, 6) is -1.88. The maximum atomic E-state index is 12.7. The lowest BCUT2D eigenvalue weighted by Crippen LogP contribution is -2.20. The molecule has 3 aromatic carbocycles. The molecular weight excluding hydrogens is 370 g/mol. The number of aromatic nitrogens is 1. The van der Waals surface area contributed by atoms with Crippen LogP contribution in [0, 0.1) is 22.7 Å². The number of carboxylic acids is 1. The summed E-state index contributed by atoms with van der Waals surface area (Å²) in [6.45, 7) is 0. The van der Waals surface area contributed by atoms with Crippen molar-refractivity contribution < 1.29 is 19.5 Å². The van der Waals surface area contributed by atoms with Gasteiger partial charge in [0, 0.05) is 10.8 Å². The summed E-state index contributed by atoms with van der Waals surface area (Å²) in [6.07, 6.45) is 0. The molecule has 1 aromatic heterocycles. The highest BCUT2D eigenvalue weighted by Gasteiger charge is 2.18. The second-order valence-corrected chi connectivity index (χ2v) is 6.25. The van der Waals surface area contributed by atoms with Crippen molar-refractivity contribution in [1.82, 2.24) is 4.73 Å².